The van der Waals surface area contributed by atoms with Crippen LogP contribution in [0.1, 0.15) is 17.3 Å². The Hall–Kier alpha value is -1.91. The van der Waals surface area contributed by atoms with Gasteiger partial charge in [-0.25, -0.2) is 17.6 Å². The molecule has 0 radical (unpaired) electrons. The van der Waals surface area contributed by atoms with Crippen molar-refractivity contribution in [2.24, 2.45) is 0 Å². The number of carboxylic acids is 1. The number of rotatable bonds is 4. The summed E-state index contributed by atoms with van der Waals surface area (Å²) >= 11 is 0. The quantitative estimate of drug-likeness (QED) is 0.794. The Morgan fingerprint density at radius 1 is 1.56 bits per heavy atom. The largest absolute Gasteiger partial charge is 0.478 e. The molecule has 1 aromatic carbocycles. The Morgan fingerprint density at radius 2 is 2.17 bits per heavy atom. The number of hydrogen-bond acceptors (Lipinski definition) is 3. The van der Waals surface area contributed by atoms with Gasteiger partial charge < -0.3 is 5.11 Å². The normalized spacial score (nSPS) is 12.7. The summed E-state index contributed by atoms with van der Waals surface area (Å²) in [4.78, 5) is 10.3. The van der Waals surface area contributed by atoms with Crippen molar-refractivity contribution in [3.05, 3.63) is 29.6 Å². The molecule has 0 aromatic heterocycles. The van der Waals surface area contributed by atoms with E-state index in [0.717, 1.165) is 18.2 Å². The van der Waals surface area contributed by atoms with Crippen molar-refractivity contribution in [2.75, 3.05) is 0 Å². The van der Waals surface area contributed by atoms with Crippen LogP contribution in [0.2, 0.25) is 0 Å². The van der Waals surface area contributed by atoms with Gasteiger partial charge in [0.05, 0.1) is 16.5 Å². The molecular weight excluding hydrogens is 261 g/mol. The van der Waals surface area contributed by atoms with Gasteiger partial charge >= 0.3 is 5.97 Å². The second-order valence-corrected chi connectivity index (χ2v) is 5.17. The van der Waals surface area contributed by atoms with Crippen LogP contribution in [0.3, 0.4) is 0 Å². The van der Waals surface area contributed by atoms with Crippen molar-refractivity contribution in [3.8, 4) is 12.3 Å². The highest BCUT2D eigenvalue weighted by molar-refractivity contribution is 7.89. The zero-order chi connectivity index (χ0) is 13.9. The van der Waals surface area contributed by atoms with Crippen molar-refractivity contribution in [1.82, 2.24) is 4.72 Å². The van der Waals surface area contributed by atoms with E-state index in [2.05, 4.69) is 10.6 Å². The van der Waals surface area contributed by atoms with Crippen molar-refractivity contribution in [3.63, 3.8) is 0 Å². The monoisotopic (exact) mass is 271 g/mol. The van der Waals surface area contributed by atoms with Gasteiger partial charge in [0, 0.05) is 0 Å². The van der Waals surface area contributed by atoms with E-state index in [1.54, 1.807) is 0 Å². The van der Waals surface area contributed by atoms with Crippen LogP contribution in [0.25, 0.3) is 0 Å². The van der Waals surface area contributed by atoms with Gasteiger partial charge in [-0.2, -0.15) is 4.72 Å². The van der Waals surface area contributed by atoms with Crippen LogP contribution in [0.15, 0.2) is 23.1 Å². The van der Waals surface area contributed by atoms with Crippen LogP contribution >= 0.6 is 0 Å². The number of hydrogen-bond donors (Lipinski definition) is 2. The van der Waals surface area contributed by atoms with E-state index in [4.69, 9.17) is 11.5 Å². The lowest BCUT2D eigenvalue weighted by Crippen LogP contribution is -2.31. The summed E-state index contributed by atoms with van der Waals surface area (Å²) in [5.74, 6) is -0.396. The molecule has 0 aliphatic rings. The molecule has 1 atom stereocenters. The molecule has 1 unspecified atom stereocenters. The number of nitrogens with one attached hydrogen (secondary N) is 1. The fourth-order valence-corrected chi connectivity index (χ4v) is 2.36. The third-order valence-electron chi connectivity index (χ3n) is 2.06. The second kappa shape index (κ2) is 5.16. The zero-order valence-electron chi connectivity index (χ0n) is 9.34. The van der Waals surface area contributed by atoms with E-state index in [1.807, 2.05) is 0 Å². The number of terminal acetylenes is 1. The van der Waals surface area contributed by atoms with Gasteiger partial charge in [-0.3, -0.25) is 0 Å². The molecule has 0 saturated heterocycles. The van der Waals surface area contributed by atoms with Crippen molar-refractivity contribution in [2.45, 2.75) is 17.9 Å². The maximum atomic E-state index is 13.1. The average molecular weight is 271 g/mol. The first-order valence-electron chi connectivity index (χ1n) is 4.79. The molecule has 0 spiro atoms. The highest BCUT2D eigenvalue weighted by Gasteiger charge is 2.20. The van der Waals surface area contributed by atoms with Crippen LogP contribution in [0.5, 0.6) is 0 Å². The predicted octanol–water partition coefficient (Wildman–Crippen LogP) is 0.824. The van der Waals surface area contributed by atoms with Gasteiger partial charge in [0.2, 0.25) is 10.0 Å². The molecule has 5 nitrogen and oxygen atoms in total. The van der Waals surface area contributed by atoms with E-state index < -0.39 is 33.4 Å². The average Bonchev–Trinajstić information content (AvgIpc) is 2.28. The Kier molecular flexibility index (Phi) is 4.06. The number of carbonyl (C=O) groups is 1. The zero-order valence-corrected chi connectivity index (χ0v) is 10.2. The van der Waals surface area contributed by atoms with Crippen LogP contribution in [-0.4, -0.2) is 25.5 Å². The molecule has 0 fully saturated rings. The fourth-order valence-electron chi connectivity index (χ4n) is 1.17. The maximum absolute atomic E-state index is 13.1. The van der Waals surface area contributed by atoms with Gasteiger partial charge in [-0.05, 0) is 25.1 Å². The molecular formula is C11H10FNO4S. The van der Waals surface area contributed by atoms with Crippen LogP contribution < -0.4 is 4.72 Å². The number of carboxylic acid groups (broad SMARTS) is 1. The van der Waals surface area contributed by atoms with Gasteiger partial charge in [0.15, 0.2) is 0 Å². The Balaban J connectivity index is 3.23. The summed E-state index contributed by atoms with van der Waals surface area (Å²) in [6.07, 6.45) is 5.03. The van der Waals surface area contributed by atoms with E-state index in [0.29, 0.717) is 0 Å². The number of halogens is 1. The predicted molar refractivity (Wildman–Crippen MR) is 62.0 cm³/mol. The lowest BCUT2D eigenvalue weighted by atomic mass is 10.2. The standard InChI is InChI=1S/C11H10FNO4S/c1-3-7(2)13-18(16,17)8-4-5-10(12)9(6-8)11(14)15/h1,4-7,13H,2H3,(H,14,15). The SMILES string of the molecule is C#CC(C)NS(=O)(=O)c1ccc(F)c(C(=O)O)c1. The Bertz CT molecular complexity index is 618. The van der Waals surface area contributed by atoms with E-state index in [-0.39, 0.29) is 4.90 Å². The first kappa shape index (κ1) is 14.2. The maximum Gasteiger partial charge on any atom is 0.338 e. The number of aromatic carboxylic acids is 1. The van der Waals surface area contributed by atoms with Gasteiger partial charge in [-0.1, -0.05) is 5.92 Å². The molecule has 7 heteroatoms. The molecule has 96 valence electrons. The van der Waals surface area contributed by atoms with Crippen molar-refractivity contribution in [1.29, 1.82) is 0 Å². The number of benzene rings is 1. The molecule has 0 amide bonds. The fraction of sp³-hybridized carbons (Fsp3) is 0.182. The highest BCUT2D eigenvalue weighted by atomic mass is 32.2. The molecule has 18 heavy (non-hydrogen) atoms. The molecule has 2 N–H and O–H groups in total. The first-order valence-corrected chi connectivity index (χ1v) is 6.27. The van der Waals surface area contributed by atoms with Gasteiger partial charge in [-0.15, -0.1) is 6.42 Å². The molecule has 1 rings (SSSR count). The Morgan fingerprint density at radius 3 is 2.67 bits per heavy atom. The minimum atomic E-state index is -3.97. The molecule has 0 bridgehead atoms. The smallest absolute Gasteiger partial charge is 0.338 e. The number of sulfonamides is 1. The second-order valence-electron chi connectivity index (χ2n) is 3.46. The third kappa shape index (κ3) is 3.06. The topological polar surface area (TPSA) is 83.5 Å². The molecule has 0 heterocycles. The molecule has 0 saturated carbocycles. The highest BCUT2D eigenvalue weighted by Crippen LogP contribution is 2.15. The lowest BCUT2D eigenvalue weighted by molar-refractivity contribution is 0.0691. The minimum absolute atomic E-state index is 0.358. The first-order chi connectivity index (χ1) is 8.27. The van der Waals surface area contributed by atoms with Crippen LogP contribution in [0.4, 0.5) is 4.39 Å². The third-order valence-corrected chi connectivity index (χ3v) is 3.60. The van der Waals surface area contributed by atoms with E-state index >= 15 is 0 Å². The Labute approximate surface area is 104 Å². The summed E-state index contributed by atoms with van der Waals surface area (Å²) < 4.78 is 38.8. The van der Waals surface area contributed by atoms with Crippen LogP contribution in [0, 0.1) is 18.2 Å². The van der Waals surface area contributed by atoms with Crippen molar-refractivity contribution >= 4 is 16.0 Å². The van der Waals surface area contributed by atoms with Gasteiger partial charge in [0.1, 0.15) is 5.82 Å². The molecule has 0 aliphatic heterocycles. The van der Waals surface area contributed by atoms with E-state index in [9.17, 15) is 17.6 Å². The lowest BCUT2D eigenvalue weighted by Gasteiger charge is -2.09. The summed E-state index contributed by atoms with van der Waals surface area (Å²) in [6.45, 7) is 1.44. The summed E-state index contributed by atoms with van der Waals surface area (Å²) in [5.41, 5.74) is -0.716. The minimum Gasteiger partial charge on any atom is -0.478 e. The molecule has 0 aliphatic carbocycles. The summed E-state index contributed by atoms with van der Waals surface area (Å²) in [6, 6.07) is 1.73. The van der Waals surface area contributed by atoms with E-state index in [1.165, 1.54) is 6.92 Å². The molecule has 1 aromatic rings. The van der Waals surface area contributed by atoms with Crippen LogP contribution in [-0.2, 0) is 10.0 Å². The van der Waals surface area contributed by atoms with Crippen molar-refractivity contribution < 1.29 is 22.7 Å². The summed E-state index contributed by atoms with van der Waals surface area (Å²) in [5, 5.41) is 8.70. The van der Waals surface area contributed by atoms with Gasteiger partial charge in [0.25, 0.3) is 0 Å². The summed E-state index contributed by atoms with van der Waals surface area (Å²) in [7, 11) is -3.97.